The fourth-order valence-corrected chi connectivity index (χ4v) is 2.39. The molecule has 0 aliphatic carbocycles. The van der Waals surface area contributed by atoms with Gasteiger partial charge in [-0.05, 0) is 25.6 Å². The van der Waals surface area contributed by atoms with Gasteiger partial charge in [-0.3, -0.25) is 4.79 Å². The van der Waals surface area contributed by atoms with E-state index in [2.05, 4.69) is 11.9 Å². The largest absolute Gasteiger partial charge is 0.469 e. The SMILES string of the molecule is Cc1ccoc1CC(CN)C(=O)N1CCN(C)CC1. The summed E-state index contributed by atoms with van der Waals surface area (Å²) in [6.07, 6.45) is 2.26. The lowest BCUT2D eigenvalue weighted by molar-refractivity contribution is -0.136. The van der Waals surface area contributed by atoms with E-state index in [0.717, 1.165) is 37.5 Å². The third-order valence-corrected chi connectivity index (χ3v) is 3.85. The second-order valence-corrected chi connectivity index (χ2v) is 5.29. The minimum Gasteiger partial charge on any atom is -0.469 e. The lowest BCUT2D eigenvalue weighted by atomic mass is 10.00. The molecule has 1 saturated heterocycles. The van der Waals surface area contributed by atoms with Gasteiger partial charge >= 0.3 is 0 Å². The highest BCUT2D eigenvalue weighted by Gasteiger charge is 2.26. The number of rotatable bonds is 4. The molecule has 1 aromatic heterocycles. The van der Waals surface area contributed by atoms with E-state index in [4.69, 9.17) is 10.2 Å². The van der Waals surface area contributed by atoms with E-state index in [1.165, 1.54) is 0 Å². The zero-order chi connectivity index (χ0) is 13.8. The average Bonchev–Trinajstić information content (AvgIpc) is 2.81. The number of amides is 1. The number of likely N-dealkylation sites (N-methyl/N-ethyl adjacent to an activating group) is 1. The normalized spacial score (nSPS) is 18.6. The van der Waals surface area contributed by atoms with Gasteiger partial charge in [-0.2, -0.15) is 0 Å². The Morgan fingerprint density at radius 3 is 2.63 bits per heavy atom. The Bertz CT molecular complexity index is 422. The van der Waals surface area contributed by atoms with Gasteiger partial charge in [-0.1, -0.05) is 0 Å². The van der Waals surface area contributed by atoms with Crippen molar-refractivity contribution in [3.8, 4) is 0 Å². The maximum atomic E-state index is 12.5. The second kappa shape index (κ2) is 6.21. The zero-order valence-electron chi connectivity index (χ0n) is 11.8. The second-order valence-electron chi connectivity index (χ2n) is 5.29. The molecule has 2 N–H and O–H groups in total. The predicted molar refractivity (Wildman–Crippen MR) is 73.8 cm³/mol. The van der Waals surface area contributed by atoms with Crippen LogP contribution >= 0.6 is 0 Å². The van der Waals surface area contributed by atoms with Gasteiger partial charge < -0.3 is 20.0 Å². The number of piperazine rings is 1. The first-order valence-electron chi connectivity index (χ1n) is 6.82. The van der Waals surface area contributed by atoms with Crippen molar-refractivity contribution < 1.29 is 9.21 Å². The van der Waals surface area contributed by atoms with Gasteiger partial charge in [0.2, 0.25) is 5.91 Å². The van der Waals surface area contributed by atoms with E-state index in [-0.39, 0.29) is 11.8 Å². The number of aryl methyl sites for hydroxylation is 1. The molecular weight excluding hydrogens is 242 g/mol. The molecule has 19 heavy (non-hydrogen) atoms. The molecule has 5 heteroatoms. The van der Waals surface area contributed by atoms with Crippen LogP contribution in [-0.2, 0) is 11.2 Å². The summed E-state index contributed by atoms with van der Waals surface area (Å²) in [5, 5.41) is 0. The fourth-order valence-electron chi connectivity index (χ4n) is 2.39. The first-order valence-corrected chi connectivity index (χ1v) is 6.82. The van der Waals surface area contributed by atoms with Gasteiger partial charge in [-0.15, -0.1) is 0 Å². The topological polar surface area (TPSA) is 62.7 Å². The average molecular weight is 265 g/mol. The number of carbonyl (C=O) groups is 1. The summed E-state index contributed by atoms with van der Waals surface area (Å²) in [4.78, 5) is 16.6. The minimum atomic E-state index is -0.173. The number of furan rings is 1. The predicted octanol–water partition coefficient (Wildman–Crippen LogP) is 0.479. The summed E-state index contributed by atoms with van der Waals surface area (Å²) in [6.45, 7) is 5.82. The summed E-state index contributed by atoms with van der Waals surface area (Å²) >= 11 is 0. The molecule has 0 saturated carbocycles. The number of hydrogen-bond donors (Lipinski definition) is 1. The molecule has 2 heterocycles. The molecule has 1 amide bonds. The first kappa shape index (κ1) is 14.1. The van der Waals surface area contributed by atoms with Crippen LogP contribution in [-0.4, -0.2) is 55.5 Å². The molecule has 1 unspecified atom stereocenters. The van der Waals surface area contributed by atoms with E-state index in [1.807, 2.05) is 17.9 Å². The van der Waals surface area contributed by atoms with E-state index >= 15 is 0 Å². The monoisotopic (exact) mass is 265 g/mol. The standard InChI is InChI=1S/C14H23N3O2/c1-11-3-8-19-13(11)9-12(10-15)14(18)17-6-4-16(2)5-7-17/h3,8,12H,4-7,9-10,15H2,1-2H3. The van der Waals surface area contributed by atoms with Crippen molar-refractivity contribution in [1.29, 1.82) is 0 Å². The van der Waals surface area contributed by atoms with Crippen LogP contribution in [0, 0.1) is 12.8 Å². The molecule has 2 rings (SSSR count). The van der Waals surface area contributed by atoms with Gasteiger partial charge in [-0.25, -0.2) is 0 Å². The van der Waals surface area contributed by atoms with Crippen molar-refractivity contribution in [1.82, 2.24) is 9.80 Å². The summed E-state index contributed by atoms with van der Waals surface area (Å²) in [5.74, 6) is 0.859. The van der Waals surface area contributed by atoms with E-state index in [1.54, 1.807) is 6.26 Å². The maximum Gasteiger partial charge on any atom is 0.227 e. The molecule has 1 fully saturated rings. The number of nitrogens with zero attached hydrogens (tertiary/aromatic N) is 2. The smallest absolute Gasteiger partial charge is 0.227 e. The van der Waals surface area contributed by atoms with Gasteiger partial charge in [0, 0.05) is 39.1 Å². The van der Waals surface area contributed by atoms with E-state index in [0.29, 0.717) is 13.0 Å². The van der Waals surface area contributed by atoms with Crippen LogP contribution in [0.25, 0.3) is 0 Å². The van der Waals surface area contributed by atoms with Gasteiger partial charge in [0.25, 0.3) is 0 Å². The van der Waals surface area contributed by atoms with Crippen molar-refractivity contribution in [2.75, 3.05) is 39.8 Å². The first-order chi connectivity index (χ1) is 9.11. The molecule has 1 aliphatic heterocycles. The molecule has 106 valence electrons. The summed E-state index contributed by atoms with van der Waals surface area (Å²) < 4.78 is 5.42. The van der Waals surface area contributed by atoms with E-state index in [9.17, 15) is 4.79 Å². The highest BCUT2D eigenvalue weighted by Crippen LogP contribution is 2.16. The molecular formula is C14H23N3O2. The summed E-state index contributed by atoms with van der Waals surface area (Å²) in [6, 6.07) is 1.92. The molecule has 0 spiro atoms. The van der Waals surface area contributed by atoms with Crippen LogP contribution in [0.4, 0.5) is 0 Å². The van der Waals surface area contributed by atoms with Crippen LogP contribution in [0.15, 0.2) is 16.7 Å². The Hall–Kier alpha value is -1.33. The number of hydrogen-bond acceptors (Lipinski definition) is 4. The van der Waals surface area contributed by atoms with Crippen LogP contribution in [0.3, 0.4) is 0 Å². The summed E-state index contributed by atoms with van der Waals surface area (Å²) in [5.41, 5.74) is 6.86. The molecule has 1 aromatic rings. The lowest BCUT2D eigenvalue weighted by Crippen LogP contribution is -2.50. The number of nitrogens with two attached hydrogens (primary N) is 1. The molecule has 5 nitrogen and oxygen atoms in total. The Morgan fingerprint density at radius 1 is 1.42 bits per heavy atom. The third kappa shape index (κ3) is 3.36. The van der Waals surface area contributed by atoms with Crippen molar-refractivity contribution in [3.63, 3.8) is 0 Å². The molecule has 1 atom stereocenters. The molecule has 0 radical (unpaired) electrons. The Balaban J connectivity index is 1.97. The Kier molecular flexibility index (Phi) is 4.61. The van der Waals surface area contributed by atoms with Crippen LogP contribution in [0.1, 0.15) is 11.3 Å². The maximum absolute atomic E-state index is 12.5. The Labute approximate surface area is 114 Å². The van der Waals surface area contributed by atoms with Crippen molar-refractivity contribution in [2.24, 2.45) is 11.7 Å². The van der Waals surface area contributed by atoms with Crippen molar-refractivity contribution in [3.05, 3.63) is 23.7 Å². The van der Waals surface area contributed by atoms with Gasteiger partial charge in [0.1, 0.15) is 5.76 Å². The summed E-state index contributed by atoms with van der Waals surface area (Å²) in [7, 11) is 2.08. The van der Waals surface area contributed by atoms with Crippen molar-refractivity contribution >= 4 is 5.91 Å². The highest BCUT2D eigenvalue weighted by molar-refractivity contribution is 5.79. The van der Waals surface area contributed by atoms with Gasteiger partial charge in [0.15, 0.2) is 0 Å². The van der Waals surface area contributed by atoms with Crippen LogP contribution in [0.5, 0.6) is 0 Å². The minimum absolute atomic E-state index is 0.159. The lowest BCUT2D eigenvalue weighted by Gasteiger charge is -2.34. The van der Waals surface area contributed by atoms with Crippen LogP contribution < -0.4 is 5.73 Å². The van der Waals surface area contributed by atoms with Gasteiger partial charge in [0.05, 0.1) is 12.2 Å². The molecule has 0 aromatic carbocycles. The fraction of sp³-hybridized carbons (Fsp3) is 0.643. The molecule has 1 aliphatic rings. The highest BCUT2D eigenvalue weighted by atomic mass is 16.3. The Morgan fingerprint density at radius 2 is 2.11 bits per heavy atom. The zero-order valence-corrected chi connectivity index (χ0v) is 11.8. The quantitative estimate of drug-likeness (QED) is 0.860. The third-order valence-electron chi connectivity index (χ3n) is 3.85. The van der Waals surface area contributed by atoms with Crippen molar-refractivity contribution in [2.45, 2.75) is 13.3 Å². The molecule has 0 bridgehead atoms. The number of carbonyl (C=O) groups excluding carboxylic acids is 1. The van der Waals surface area contributed by atoms with Crippen LogP contribution in [0.2, 0.25) is 0 Å². The van der Waals surface area contributed by atoms with E-state index < -0.39 is 0 Å².